The van der Waals surface area contributed by atoms with Gasteiger partial charge < -0.3 is 10.1 Å². The number of allylic oxidation sites excluding steroid dienone is 1. The molecule has 6 nitrogen and oxygen atoms in total. The summed E-state index contributed by atoms with van der Waals surface area (Å²) in [6.07, 6.45) is 5.29. The van der Waals surface area contributed by atoms with Crippen LogP contribution in [-0.4, -0.2) is 22.8 Å². The van der Waals surface area contributed by atoms with Crippen molar-refractivity contribution in [2.24, 2.45) is 4.99 Å². The highest BCUT2D eigenvalue weighted by molar-refractivity contribution is 6.33. The van der Waals surface area contributed by atoms with Crippen molar-refractivity contribution in [3.8, 4) is 18.0 Å². The molecule has 1 aliphatic rings. The van der Waals surface area contributed by atoms with Crippen molar-refractivity contribution in [1.82, 2.24) is 4.90 Å². The molecule has 2 rings (SSSR count). The number of nitriles is 2. The first kappa shape index (κ1) is 16.7. The molecular weight excluding hydrogens is 314 g/mol. The first-order valence-electron chi connectivity index (χ1n) is 7.20. The van der Waals surface area contributed by atoms with Gasteiger partial charge in [0.15, 0.2) is 11.7 Å². The van der Waals surface area contributed by atoms with Crippen LogP contribution in [0.3, 0.4) is 0 Å². The molecule has 23 heavy (non-hydrogen) atoms. The van der Waals surface area contributed by atoms with Gasteiger partial charge in [-0.15, -0.1) is 0 Å². The number of rotatable bonds is 5. The highest BCUT2D eigenvalue weighted by Crippen LogP contribution is 2.21. The van der Waals surface area contributed by atoms with Gasteiger partial charge >= 0.3 is 0 Å². The zero-order valence-corrected chi connectivity index (χ0v) is 13.4. The smallest absolute Gasteiger partial charge is 0.186 e. The van der Waals surface area contributed by atoms with E-state index in [1.165, 1.54) is 6.20 Å². The zero-order chi connectivity index (χ0) is 16.7. The average molecular weight is 330 g/mol. The number of anilines is 1. The lowest BCUT2D eigenvalue weighted by Crippen LogP contribution is -2.38. The Bertz CT molecular complexity index is 684. The van der Waals surface area contributed by atoms with Crippen LogP contribution in [0.25, 0.3) is 0 Å². The van der Waals surface area contributed by atoms with Crippen LogP contribution in [0.2, 0.25) is 0 Å². The van der Waals surface area contributed by atoms with Crippen molar-refractivity contribution in [3.63, 3.8) is 0 Å². The molecule has 0 aromatic heterocycles. The van der Waals surface area contributed by atoms with Crippen molar-refractivity contribution in [2.45, 2.75) is 25.3 Å². The molecule has 0 amide bonds. The van der Waals surface area contributed by atoms with Gasteiger partial charge in [-0.1, -0.05) is 24.9 Å². The Morgan fingerprint density at radius 2 is 2.09 bits per heavy atom. The van der Waals surface area contributed by atoms with Crippen LogP contribution >= 0.6 is 11.6 Å². The van der Waals surface area contributed by atoms with Crippen LogP contribution in [0.1, 0.15) is 19.8 Å². The minimum absolute atomic E-state index is 0.109. The molecule has 0 bridgehead atoms. The summed E-state index contributed by atoms with van der Waals surface area (Å²) in [6, 6.07) is 9.26. The van der Waals surface area contributed by atoms with Crippen molar-refractivity contribution in [1.29, 1.82) is 10.5 Å². The lowest BCUT2D eigenvalue weighted by atomic mass is 10.3. The summed E-state index contributed by atoms with van der Waals surface area (Å²) >= 11 is 6.18. The molecule has 1 atom stereocenters. The second-order valence-electron chi connectivity index (χ2n) is 4.80. The van der Waals surface area contributed by atoms with E-state index in [1.54, 1.807) is 0 Å². The van der Waals surface area contributed by atoms with Gasteiger partial charge in [-0.25, -0.2) is 9.89 Å². The summed E-state index contributed by atoms with van der Waals surface area (Å²) in [6.45, 7) is 2.80. The maximum atomic E-state index is 9.09. The molecule has 0 spiro atoms. The van der Waals surface area contributed by atoms with E-state index in [9.17, 15) is 0 Å². The SMILES string of the molecule is CCCCOc1ccc(NC2=NC=C(C#N)N(C#N)C2Cl)cc1. The van der Waals surface area contributed by atoms with Gasteiger partial charge in [0, 0.05) is 5.69 Å². The molecule has 118 valence electrons. The van der Waals surface area contributed by atoms with Gasteiger partial charge in [-0.3, -0.25) is 0 Å². The van der Waals surface area contributed by atoms with Gasteiger partial charge in [-0.05, 0) is 30.7 Å². The minimum atomic E-state index is -0.847. The number of amidine groups is 1. The van der Waals surface area contributed by atoms with Crippen LogP contribution in [0, 0.1) is 22.8 Å². The Hall–Kier alpha value is -2.70. The molecule has 1 N–H and O–H groups in total. The van der Waals surface area contributed by atoms with E-state index in [0.29, 0.717) is 12.4 Å². The second-order valence-corrected chi connectivity index (χ2v) is 5.21. The van der Waals surface area contributed by atoms with Gasteiger partial charge in [0.05, 0.1) is 12.8 Å². The van der Waals surface area contributed by atoms with E-state index in [4.69, 9.17) is 26.9 Å². The number of hydrogen-bond donors (Lipinski definition) is 1. The van der Waals surface area contributed by atoms with Crippen LogP contribution in [-0.2, 0) is 0 Å². The predicted octanol–water partition coefficient (Wildman–Crippen LogP) is 3.40. The lowest BCUT2D eigenvalue weighted by Gasteiger charge is -2.25. The number of alkyl halides is 1. The maximum Gasteiger partial charge on any atom is 0.186 e. The van der Waals surface area contributed by atoms with Crippen LogP contribution in [0.5, 0.6) is 5.75 Å². The third-order valence-electron chi connectivity index (χ3n) is 3.15. The molecule has 0 fully saturated rings. The largest absolute Gasteiger partial charge is 0.494 e. The topological polar surface area (TPSA) is 84.4 Å². The van der Waals surface area contributed by atoms with E-state index in [1.807, 2.05) is 36.5 Å². The number of nitrogens with zero attached hydrogens (tertiary/aromatic N) is 4. The molecule has 0 saturated carbocycles. The van der Waals surface area contributed by atoms with Gasteiger partial charge in [0.25, 0.3) is 0 Å². The van der Waals surface area contributed by atoms with E-state index in [-0.39, 0.29) is 5.70 Å². The number of unbranched alkanes of at least 4 members (excludes halogenated alkanes) is 1. The molecule has 1 heterocycles. The van der Waals surface area contributed by atoms with Gasteiger partial charge in [0.2, 0.25) is 0 Å². The Morgan fingerprint density at radius 3 is 2.70 bits per heavy atom. The first-order chi connectivity index (χ1) is 11.2. The quantitative estimate of drug-likeness (QED) is 0.387. The van der Waals surface area contributed by atoms with Crippen molar-refractivity contribution in [3.05, 3.63) is 36.2 Å². The van der Waals surface area contributed by atoms with E-state index >= 15 is 0 Å². The minimum Gasteiger partial charge on any atom is -0.494 e. The number of halogens is 1. The van der Waals surface area contributed by atoms with Crippen LogP contribution < -0.4 is 10.1 Å². The highest BCUT2D eigenvalue weighted by atomic mass is 35.5. The number of aliphatic imine (C=N–C) groups is 1. The normalized spacial score (nSPS) is 16.7. The fourth-order valence-corrected chi connectivity index (χ4v) is 2.15. The highest BCUT2D eigenvalue weighted by Gasteiger charge is 2.27. The summed E-state index contributed by atoms with van der Waals surface area (Å²) in [4.78, 5) is 5.20. The Balaban J connectivity index is 2.05. The molecular formula is C16H16ClN5O. The Labute approximate surface area is 140 Å². The van der Waals surface area contributed by atoms with E-state index < -0.39 is 5.50 Å². The zero-order valence-electron chi connectivity index (χ0n) is 12.7. The summed E-state index contributed by atoms with van der Waals surface area (Å²) < 4.78 is 5.59. The number of nitrogens with one attached hydrogen (secondary N) is 1. The molecule has 0 aliphatic carbocycles. The lowest BCUT2D eigenvalue weighted by molar-refractivity contribution is 0.309. The molecule has 0 saturated heterocycles. The van der Waals surface area contributed by atoms with Crippen molar-refractivity contribution in [2.75, 3.05) is 11.9 Å². The molecule has 1 aromatic carbocycles. The van der Waals surface area contributed by atoms with Gasteiger partial charge in [0.1, 0.15) is 23.4 Å². The standard InChI is InChI=1S/C16H16ClN5O/c1-2-3-8-23-14-6-4-12(5-7-14)21-16-15(17)22(11-19)13(9-18)10-20-16/h4-7,10,15H,2-3,8H2,1H3,(H,20,21). The molecule has 1 unspecified atom stereocenters. The van der Waals surface area contributed by atoms with Crippen molar-refractivity contribution >= 4 is 23.1 Å². The van der Waals surface area contributed by atoms with Crippen molar-refractivity contribution < 1.29 is 4.74 Å². The maximum absolute atomic E-state index is 9.09. The Kier molecular flexibility index (Phi) is 5.85. The third-order valence-corrected chi connectivity index (χ3v) is 3.56. The summed E-state index contributed by atoms with van der Waals surface area (Å²) in [5.74, 6) is 1.18. The fourth-order valence-electron chi connectivity index (χ4n) is 1.89. The second kappa shape index (κ2) is 8.07. The molecule has 1 aliphatic heterocycles. The summed E-state index contributed by atoms with van der Waals surface area (Å²) in [7, 11) is 0. The van der Waals surface area contributed by atoms with E-state index in [2.05, 4.69) is 17.2 Å². The number of hydrogen-bond acceptors (Lipinski definition) is 6. The molecule has 0 radical (unpaired) electrons. The summed E-state index contributed by atoms with van der Waals surface area (Å²) in [5, 5.41) is 21.1. The van der Waals surface area contributed by atoms with Gasteiger partial charge in [-0.2, -0.15) is 10.5 Å². The predicted molar refractivity (Wildman–Crippen MR) is 88.7 cm³/mol. The number of benzene rings is 1. The van der Waals surface area contributed by atoms with Crippen LogP contribution in [0.15, 0.2) is 41.2 Å². The molecule has 1 aromatic rings. The third kappa shape index (κ3) is 4.15. The number of ether oxygens (including phenoxy) is 1. The summed E-state index contributed by atoms with van der Waals surface area (Å²) in [5.41, 5.74) is 0.0294. The van der Waals surface area contributed by atoms with E-state index in [0.717, 1.165) is 29.2 Å². The molecule has 7 heteroatoms. The monoisotopic (exact) mass is 329 g/mol. The fraction of sp³-hybridized carbons (Fsp3) is 0.312. The van der Waals surface area contributed by atoms with Crippen LogP contribution in [0.4, 0.5) is 5.69 Å². The Morgan fingerprint density at radius 1 is 1.35 bits per heavy atom. The first-order valence-corrected chi connectivity index (χ1v) is 7.64. The average Bonchev–Trinajstić information content (AvgIpc) is 2.58.